The summed E-state index contributed by atoms with van der Waals surface area (Å²) in [6.07, 6.45) is 4.91. The molecule has 1 aliphatic heterocycles. The number of amides is 1. The first-order valence-electron chi connectivity index (χ1n) is 10.5. The zero-order valence-corrected chi connectivity index (χ0v) is 18.9. The molecule has 1 aromatic heterocycles. The van der Waals surface area contributed by atoms with Crippen molar-refractivity contribution in [3.63, 3.8) is 0 Å². The summed E-state index contributed by atoms with van der Waals surface area (Å²) in [4.78, 5) is 14.6. The van der Waals surface area contributed by atoms with Gasteiger partial charge in [0.2, 0.25) is 15.9 Å². The van der Waals surface area contributed by atoms with Crippen LogP contribution in [-0.2, 0) is 34.2 Å². The van der Waals surface area contributed by atoms with Crippen LogP contribution in [0.5, 0.6) is 0 Å². The Hall–Kier alpha value is -2.19. The Morgan fingerprint density at radius 2 is 1.77 bits per heavy atom. The Morgan fingerprint density at radius 1 is 1.13 bits per heavy atom. The SMILES string of the molecule is Cc1cc(C)n(CC(=O)N2CCC(Cc3ccc(CCNS(C)(=O)=O)cc3)CC2)n1. The van der Waals surface area contributed by atoms with E-state index >= 15 is 0 Å². The first-order chi connectivity index (χ1) is 14.2. The summed E-state index contributed by atoms with van der Waals surface area (Å²) >= 11 is 0. The standard InChI is InChI=1S/C22H32N4O3S/c1-17-14-18(2)26(24-17)16-22(27)25-12-9-21(10-13-25)15-20-6-4-19(5-7-20)8-11-23-30(3,28)29/h4-7,14,21,23H,8-13,15-16H2,1-3H3. The molecule has 1 aliphatic rings. The van der Waals surface area contributed by atoms with Crippen molar-refractivity contribution in [2.45, 2.75) is 46.1 Å². The number of hydrogen-bond donors (Lipinski definition) is 1. The maximum Gasteiger partial charge on any atom is 0.244 e. The number of hydrogen-bond acceptors (Lipinski definition) is 4. The number of nitrogens with one attached hydrogen (secondary N) is 1. The predicted molar refractivity (Wildman–Crippen MR) is 118 cm³/mol. The summed E-state index contributed by atoms with van der Waals surface area (Å²) in [6.45, 7) is 6.27. The van der Waals surface area contributed by atoms with E-state index in [1.807, 2.05) is 24.8 Å². The molecule has 1 amide bonds. The third-order valence-corrected chi connectivity index (χ3v) is 6.41. The Labute approximate surface area is 179 Å². The molecule has 0 radical (unpaired) electrons. The molecule has 0 unspecified atom stereocenters. The molecular weight excluding hydrogens is 400 g/mol. The summed E-state index contributed by atoms with van der Waals surface area (Å²) in [7, 11) is -3.13. The van der Waals surface area contributed by atoms with E-state index in [9.17, 15) is 13.2 Å². The van der Waals surface area contributed by atoms with Crippen LogP contribution in [0.15, 0.2) is 30.3 Å². The van der Waals surface area contributed by atoms with Gasteiger partial charge in [0.1, 0.15) is 6.54 Å². The lowest BCUT2D eigenvalue weighted by molar-refractivity contribution is -0.133. The highest BCUT2D eigenvalue weighted by molar-refractivity contribution is 7.88. The summed E-state index contributed by atoms with van der Waals surface area (Å²) in [5, 5.41) is 4.39. The number of aromatic nitrogens is 2. The van der Waals surface area contributed by atoms with Crippen molar-refractivity contribution >= 4 is 15.9 Å². The van der Waals surface area contributed by atoms with E-state index in [2.05, 4.69) is 34.1 Å². The van der Waals surface area contributed by atoms with Gasteiger partial charge in [0.15, 0.2) is 0 Å². The lowest BCUT2D eigenvalue weighted by atomic mass is 9.90. The maximum absolute atomic E-state index is 12.6. The molecule has 0 spiro atoms. The van der Waals surface area contributed by atoms with Crippen molar-refractivity contribution in [1.82, 2.24) is 19.4 Å². The smallest absolute Gasteiger partial charge is 0.244 e. The van der Waals surface area contributed by atoms with Crippen molar-refractivity contribution in [3.05, 3.63) is 52.8 Å². The number of carbonyl (C=O) groups is 1. The van der Waals surface area contributed by atoms with E-state index in [1.165, 1.54) is 11.8 Å². The quantitative estimate of drug-likeness (QED) is 0.692. The van der Waals surface area contributed by atoms with E-state index < -0.39 is 10.0 Å². The topological polar surface area (TPSA) is 84.3 Å². The van der Waals surface area contributed by atoms with Gasteiger partial charge in [0.25, 0.3) is 0 Å². The number of benzene rings is 1. The van der Waals surface area contributed by atoms with E-state index in [1.54, 1.807) is 4.68 Å². The number of aryl methyl sites for hydroxylation is 2. The Morgan fingerprint density at radius 3 is 2.33 bits per heavy atom. The number of nitrogens with zero attached hydrogens (tertiary/aromatic N) is 3. The normalized spacial score (nSPS) is 15.5. The molecule has 0 aliphatic carbocycles. The molecule has 2 heterocycles. The molecule has 1 fully saturated rings. The average molecular weight is 433 g/mol. The number of sulfonamides is 1. The van der Waals surface area contributed by atoms with Gasteiger partial charge in [-0.3, -0.25) is 9.48 Å². The van der Waals surface area contributed by atoms with Crippen molar-refractivity contribution in [1.29, 1.82) is 0 Å². The second-order valence-corrected chi connectivity index (χ2v) is 10.2. The van der Waals surface area contributed by atoms with Crippen LogP contribution in [0.25, 0.3) is 0 Å². The fraction of sp³-hybridized carbons (Fsp3) is 0.545. The lowest BCUT2D eigenvalue weighted by Crippen LogP contribution is -2.40. The number of piperidine rings is 1. The summed E-state index contributed by atoms with van der Waals surface area (Å²) in [5.74, 6) is 0.729. The minimum atomic E-state index is -3.13. The number of likely N-dealkylation sites (tertiary alicyclic amines) is 1. The van der Waals surface area contributed by atoms with Gasteiger partial charge in [-0.25, -0.2) is 13.1 Å². The number of rotatable bonds is 8. The van der Waals surface area contributed by atoms with Crippen LogP contribution >= 0.6 is 0 Å². The number of carbonyl (C=O) groups excluding carboxylic acids is 1. The summed E-state index contributed by atoms with van der Waals surface area (Å²) in [6, 6.07) is 10.4. The van der Waals surface area contributed by atoms with Crippen LogP contribution in [0.3, 0.4) is 0 Å². The van der Waals surface area contributed by atoms with E-state index in [0.717, 1.165) is 49.3 Å². The van der Waals surface area contributed by atoms with Gasteiger partial charge >= 0.3 is 0 Å². The molecule has 30 heavy (non-hydrogen) atoms. The second kappa shape index (κ2) is 9.75. The van der Waals surface area contributed by atoms with Crippen LogP contribution in [-0.4, -0.2) is 54.9 Å². The van der Waals surface area contributed by atoms with Gasteiger partial charge < -0.3 is 4.90 Å². The first kappa shape index (κ1) is 22.5. The monoisotopic (exact) mass is 432 g/mol. The van der Waals surface area contributed by atoms with Crippen LogP contribution in [0.1, 0.15) is 35.4 Å². The Bertz CT molecular complexity index is 959. The molecule has 0 bridgehead atoms. The fourth-order valence-corrected chi connectivity index (χ4v) is 4.48. The molecule has 164 valence electrons. The Kier molecular flexibility index (Phi) is 7.31. The predicted octanol–water partition coefficient (Wildman–Crippen LogP) is 2.07. The van der Waals surface area contributed by atoms with Gasteiger partial charge in [-0.1, -0.05) is 24.3 Å². The van der Waals surface area contributed by atoms with Crippen LogP contribution in [0.2, 0.25) is 0 Å². The van der Waals surface area contributed by atoms with E-state index in [-0.39, 0.29) is 5.91 Å². The zero-order valence-electron chi connectivity index (χ0n) is 18.1. The highest BCUT2D eigenvalue weighted by Gasteiger charge is 2.23. The van der Waals surface area contributed by atoms with Gasteiger partial charge in [-0.2, -0.15) is 5.10 Å². The molecule has 1 saturated heterocycles. The third kappa shape index (κ3) is 6.67. The third-order valence-electron chi connectivity index (χ3n) is 5.68. The Balaban J connectivity index is 1.43. The molecular formula is C22H32N4O3S. The minimum absolute atomic E-state index is 0.145. The molecule has 3 rings (SSSR count). The van der Waals surface area contributed by atoms with Crippen molar-refractivity contribution in [2.24, 2.45) is 5.92 Å². The molecule has 0 atom stereocenters. The molecule has 8 heteroatoms. The van der Waals surface area contributed by atoms with Gasteiger partial charge in [0.05, 0.1) is 11.9 Å². The lowest BCUT2D eigenvalue weighted by Gasteiger charge is -2.32. The highest BCUT2D eigenvalue weighted by Crippen LogP contribution is 2.22. The highest BCUT2D eigenvalue weighted by atomic mass is 32.2. The molecule has 1 N–H and O–H groups in total. The van der Waals surface area contributed by atoms with Crippen molar-refractivity contribution < 1.29 is 13.2 Å². The molecule has 0 saturated carbocycles. The first-order valence-corrected chi connectivity index (χ1v) is 12.4. The molecule has 7 nitrogen and oxygen atoms in total. The van der Waals surface area contributed by atoms with Gasteiger partial charge in [-0.05, 0) is 62.6 Å². The van der Waals surface area contributed by atoms with Crippen LogP contribution in [0, 0.1) is 19.8 Å². The largest absolute Gasteiger partial charge is 0.341 e. The second-order valence-electron chi connectivity index (χ2n) is 8.35. The van der Waals surface area contributed by atoms with Gasteiger partial charge in [0, 0.05) is 25.3 Å². The molecule has 1 aromatic carbocycles. The van der Waals surface area contributed by atoms with Crippen molar-refractivity contribution in [3.8, 4) is 0 Å². The maximum atomic E-state index is 12.6. The van der Waals surface area contributed by atoms with Gasteiger partial charge in [-0.15, -0.1) is 0 Å². The molecule has 2 aromatic rings. The zero-order chi connectivity index (χ0) is 21.7. The van der Waals surface area contributed by atoms with E-state index in [4.69, 9.17) is 0 Å². The minimum Gasteiger partial charge on any atom is -0.341 e. The summed E-state index contributed by atoms with van der Waals surface area (Å²) in [5.41, 5.74) is 4.38. The van der Waals surface area contributed by atoms with Crippen LogP contribution in [0.4, 0.5) is 0 Å². The van der Waals surface area contributed by atoms with Crippen molar-refractivity contribution in [2.75, 3.05) is 25.9 Å². The summed E-state index contributed by atoms with van der Waals surface area (Å²) < 4.78 is 26.6. The van der Waals surface area contributed by atoms with Crippen LogP contribution < -0.4 is 4.72 Å². The van der Waals surface area contributed by atoms with E-state index in [0.29, 0.717) is 25.4 Å². The fourth-order valence-electron chi connectivity index (χ4n) is 4.01. The average Bonchev–Trinajstić information content (AvgIpc) is 2.99.